The van der Waals surface area contributed by atoms with Gasteiger partial charge >= 0.3 is 0 Å². The van der Waals surface area contributed by atoms with Gasteiger partial charge in [-0.3, -0.25) is 9.59 Å². The van der Waals surface area contributed by atoms with E-state index in [1.54, 1.807) is 31.5 Å². The number of likely N-dealkylation sites (tertiary alicyclic amines) is 1. The van der Waals surface area contributed by atoms with E-state index in [-0.39, 0.29) is 30.6 Å². The molecule has 1 amide bonds. The number of Topliss-reactive ketones (excluding diaryl/α,β-unsaturated/α-hetero) is 1. The van der Waals surface area contributed by atoms with Crippen LogP contribution in [-0.4, -0.2) is 55.4 Å². The van der Waals surface area contributed by atoms with Crippen LogP contribution >= 0.6 is 0 Å². The summed E-state index contributed by atoms with van der Waals surface area (Å²) in [6.45, 7) is 5.76. The Labute approximate surface area is 151 Å². The second kappa shape index (κ2) is 7.41. The Kier molecular flexibility index (Phi) is 5.22. The number of hydrogen-bond acceptors (Lipinski definition) is 6. The van der Waals surface area contributed by atoms with Crippen molar-refractivity contribution in [2.24, 2.45) is 5.92 Å². The Morgan fingerprint density at radius 3 is 2.81 bits per heavy atom. The molecule has 8 heteroatoms. The summed E-state index contributed by atoms with van der Waals surface area (Å²) in [5.74, 6) is 0.247. The molecular formula is C18H24N4O4. The third kappa shape index (κ3) is 3.41. The minimum absolute atomic E-state index is 0.0349. The number of carbonyl (C=O) groups excluding carboxylic acids is 2. The third-order valence-corrected chi connectivity index (χ3v) is 4.74. The van der Waals surface area contributed by atoms with Gasteiger partial charge in [0.1, 0.15) is 11.7 Å². The van der Waals surface area contributed by atoms with Crippen molar-refractivity contribution in [3.05, 3.63) is 24.6 Å². The average molecular weight is 360 g/mol. The molecule has 1 fully saturated rings. The van der Waals surface area contributed by atoms with E-state index in [1.807, 2.05) is 13.8 Å². The van der Waals surface area contributed by atoms with Gasteiger partial charge < -0.3 is 14.4 Å². The molecule has 1 aliphatic rings. The molecule has 0 radical (unpaired) electrons. The molecule has 0 unspecified atom stereocenters. The summed E-state index contributed by atoms with van der Waals surface area (Å²) in [4.78, 5) is 26.9. The van der Waals surface area contributed by atoms with E-state index in [0.29, 0.717) is 17.9 Å². The monoisotopic (exact) mass is 360 g/mol. The van der Waals surface area contributed by atoms with E-state index in [2.05, 4.69) is 10.3 Å². The van der Waals surface area contributed by atoms with E-state index in [1.165, 1.54) is 9.58 Å². The van der Waals surface area contributed by atoms with Crippen LogP contribution in [0.3, 0.4) is 0 Å². The van der Waals surface area contributed by atoms with Crippen molar-refractivity contribution in [3.8, 4) is 11.5 Å². The van der Waals surface area contributed by atoms with E-state index in [4.69, 9.17) is 4.42 Å². The maximum atomic E-state index is 13.2. The summed E-state index contributed by atoms with van der Waals surface area (Å²) in [7, 11) is 0. The molecule has 26 heavy (non-hydrogen) atoms. The zero-order valence-corrected chi connectivity index (χ0v) is 15.2. The summed E-state index contributed by atoms with van der Waals surface area (Å²) in [5.41, 5.74) is 0.538. The van der Waals surface area contributed by atoms with E-state index in [0.717, 1.165) is 0 Å². The lowest BCUT2D eigenvalue weighted by Crippen LogP contribution is -2.45. The number of aliphatic hydroxyl groups is 1. The molecule has 1 N–H and O–H groups in total. The molecule has 140 valence electrons. The zero-order chi connectivity index (χ0) is 18.8. The van der Waals surface area contributed by atoms with Crippen molar-refractivity contribution in [3.63, 3.8) is 0 Å². The molecule has 3 atom stereocenters. The zero-order valence-electron chi connectivity index (χ0n) is 15.2. The molecule has 2 aromatic heterocycles. The van der Waals surface area contributed by atoms with Crippen LogP contribution in [0.2, 0.25) is 0 Å². The maximum Gasteiger partial charge on any atom is 0.248 e. The Hall–Kier alpha value is -2.48. The quantitative estimate of drug-likeness (QED) is 0.841. The second-order valence-corrected chi connectivity index (χ2v) is 6.97. The van der Waals surface area contributed by atoms with Crippen LogP contribution in [-0.2, 0) is 9.59 Å². The number of amides is 1. The highest BCUT2D eigenvalue weighted by atomic mass is 16.3. The van der Waals surface area contributed by atoms with Gasteiger partial charge in [-0.25, -0.2) is 4.68 Å². The van der Waals surface area contributed by atoms with Crippen LogP contribution in [0.4, 0.5) is 0 Å². The first-order valence-corrected chi connectivity index (χ1v) is 8.89. The Morgan fingerprint density at radius 2 is 2.19 bits per heavy atom. The number of rotatable bonds is 6. The minimum atomic E-state index is -0.679. The molecule has 1 saturated heterocycles. The molecule has 0 aromatic carbocycles. The number of nitrogens with zero attached hydrogens (tertiary/aromatic N) is 4. The minimum Gasteiger partial charge on any atom is -0.463 e. The maximum absolute atomic E-state index is 13.2. The standard InChI is InChI=1S/C18H24N4O4/c1-4-15(24)14-8-12(23)9-21(14)18(25)17(11(2)3)22-10-13(19-20-22)16-6-5-7-26-16/h5-7,10-12,14,17,23H,4,8-9H2,1-3H3/t12-,14+,17+/m1/s1. The van der Waals surface area contributed by atoms with Gasteiger partial charge in [0.25, 0.3) is 0 Å². The first-order valence-electron chi connectivity index (χ1n) is 8.89. The number of furan rings is 1. The van der Waals surface area contributed by atoms with Gasteiger partial charge in [-0.15, -0.1) is 5.10 Å². The largest absolute Gasteiger partial charge is 0.463 e. The topological polar surface area (TPSA) is 101 Å². The summed E-state index contributed by atoms with van der Waals surface area (Å²) in [5, 5.41) is 18.2. The van der Waals surface area contributed by atoms with Crippen LogP contribution < -0.4 is 0 Å². The average Bonchev–Trinajstić information content (AvgIpc) is 3.33. The Morgan fingerprint density at radius 1 is 1.42 bits per heavy atom. The highest BCUT2D eigenvalue weighted by Crippen LogP contribution is 2.28. The highest BCUT2D eigenvalue weighted by molar-refractivity contribution is 5.91. The van der Waals surface area contributed by atoms with Crippen molar-refractivity contribution in [1.29, 1.82) is 0 Å². The van der Waals surface area contributed by atoms with Crippen molar-refractivity contribution in [2.45, 2.75) is 51.8 Å². The summed E-state index contributed by atoms with van der Waals surface area (Å²) in [6, 6.07) is 2.35. The lowest BCUT2D eigenvalue weighted by molar-refractivity contribution is -0.141. The van der Waals surface area contributed by atoms with E-state index < -0.39 is 18.2 Å². The summed E-state index contributed by atoms with van der Waals surface area (Å²) >= 11 is 0. The van der Waals surface area contributed by atoms with Crippen LogP contribution in [0, 0.1) is 5.92 Å². The van der Waals surface area contributed by atoms with Crippen LogP contribution in [0.15, 0.2) is 29.0 Å². The molecule has 3 rings (SSSR count). The lowest BCUT2D eigenvalue weighted by atomic mass is 10.0. The summed E-state index contributed by atoms with van der Waals surface area (Å²) < 4.78 is 6.84. The van der Waals surface area contributed by atoms with Gasteiger partial charge in [0, 0.05) is 19.4 Å². The number of aromatic nitrogens is 3. The first-order chi connectivity index (χ1) is 12.4. The van der Waals surface area contributed by atoms with Gasteiger partial charge in [-0.2, -0.15) is 0 Å². The second-order valence-electron chi connectivity index (χ2n) is 6.97. The smallest absolute Gasteiger partial charge is 0.248 e. The third-order valence-electron chi connectivity index (χ3n) is 4.74. The first kappa shape index (κ1) is 18.3. The number of β-amino-alcohol motifs (C(OH)–C–C–N with tert-alkyl or cyclic N) is 1. The van der Waals surface area contributed by atoms with E-state index >= 15 is 0 Å². The SMILES string of the molecule is CCC(=O)[C@@H]1C[C@@H](O)CN1C(=O)[C@H](C(C)C)n1cc(-c2ccco2)nn1. The van der Waals surface area contributed by atoms with Crippen molar-refractivity contribution < 1.29 is 19.1 Å². The van der Waals surface area contributed by atoms with Gasteiger partial charge in [0.15, 0.2) is 11.5 Å². The fraction of sp³-hybridized carbons (Fsp3) is 0.556. The number of carbonyl (C=O) groups is 2. The number of aliphatic hydroxyl groups excluding tert-OH is 1. The molecule has 0 saturated carbocycles. The number of hydrogen-bond donors (Lipinski definition) is 1. The molecule has 0 aliphatic carbocycles. The van der Waals surface area contributed by atoms with Crippen LogP contribution in [0.1, 0.15) is 39.7 Å². The molecule has 1 aliphatic heterocycles. The van der Waals surface area contributed by atoms with E-state index in [9.17, 15) is 14.7 Å². The molecule has 0 spiro atoms. The van der Waals surface area contributed by atoms with Crippen molar-refractivity contribution >= 4 is 11.7 Å². The lowest BCUT2D eigenvalue weighted by Gasteiger charge is -2.29. The Balaban J connectivity index is 1.88. The summed E-state index contributed by atoms with van der Waals surface area (Å²) in [6.07, 6.45) is 3.16. The highest BCUT2D eigenvalue weighted by Gasteiger charge is 2.41. The van der Waals surface area contributed by atoms with Crippen LogP contribution in [0.5, 0.6) is 0 Å². The molecule has 8 nitrogen and oxygen atoms in total. The van der Waals surface area contributed by atoms with Gasteiger partial charge in [0.2, 0.25) is 5.91 Å². The molecule has 3 heterocycles. The molecule has 2 aromatic rings. The van der Waals surface area contributed by atoms with Crippen molar-refractivity contribution in [2.75, 3.05) is 6.54 Å². The molecule has 0 bridgehead atoms. The van der Waals surface area contributed by atoms with Gasteiger partial charge in [0.05, 0.1) is 24.6 Å². The predicted molar refractivity (Wildman–Crippen MR) is 93.0 cm³/mol. The fourth-order valence-corrected chi connectivity index (χ4v) is 3.42. The fourth-order valence-electron chi connectivity index (χ4n) is 3.42. The Bertz CT molecular complexity index is 768. The number of ketones is 1. The predicted octanol–water partition coefficient (Wildman–Crippen LogP) is 1.68. The van der Waals surface area contributed by atoms with Crippen LogP contribution in [0.25, 0.3) is 11.5 Å². The van der Waals surface area contributed by atoms with Crippen molar-refractivity contribution in [1.82, 2.24) is 19.9 Å². The van der Waals surface area contributed by atoms with Gasteiger partial charge in [-0.1, -0.05) is 26.0 Å². The normalized spacial score (nSPS) is 21.3. The molecular weight excluding hydrogens is 336 g/mol. The van der Waals surface area contributed by atoms with Gasteiger partial charge in [-0.05, 0) is 18.1 Å².